The van der Waals surface area contributed by atoms with E-state index in [9.17, 15) is 0 Å². The van der Waals surface area contributed by atoms with Gasteiger partial charge in [0.15, 0.2) is 0 Å². The summed E-state index contributed by atoms with van der Waals surface area (Å²) in [7, 11) is 1.92. The van der Waals surface area contributed by atoms with Gasteiger partial charge in [0, 0.05) is 49.5 Å². The van der Waals surface area contributed by atoms with Crippen molar-refractivity contribution in [2.24, 2.45) is 7.05 Å². The predicted molar refractivity (Wildman–Crippen MR) is 122 cm³/mol. The van der Waals surface area contributed by atoms with Crippen LogP contribution >= 0.6 is 0 Å². The highest BCUT2D eigenvalue weighted by Crippen LogP contribution is 2.36. The second-order valence-corrected chi connectivity index (χ2v) is 8.25. The van der Waals surface area contributed by atoms with Crippen molar-refractivity contribution in [2.45, 2.75) is 58.2 Å². The van der Waals surface area contributed by atoms with Crippen LogP contribution in [0.25, 0.3) is 22.2 Å². The molecular formula is C22H29N9O. The molecule has 1 fully saturated rings. The lowest BCUT2D eigenvalue weighted by Crippen LogP contribution is -2.27. The highest BCUT2D eigenvalue weighted by Gasteiger charge is 2.27. The van der Waals surface area contributed by atoms with E-state index in [1.165, 1.54) is 0 Å². The molecule has 1 N–H and O–H groups in total. The van der Waals surface area contributed by atoms with Gasteiger partial charge in [-0.15, -0.1) is 5.10 Å². The molecule has 0 unspecified atom stereocenters. The van der Waals surface area contributed by atoms with Gasteiger partial charge in [0.2, 0.25) is 5.88 Å². The van der Waals surface area contributed by atoms with Crippen LogP contribution in [0.1, 0.15) is 45.6 Å². The molecule has 4 aromatic heterocycles. The molecule has 1 saturated carbocycles. The molecular weight excluding hydrogens is 406 g/mol. The Kier molecular flexibility index (Phi) is 5.50. The van der Waals surface area contributed by atoms with E-state index in [-0.39, 0.29) is 6.10 Å². The topological polar surface area (TPSA) is 100 Å². The van der Waals surface area contributed by atoms with Gasteiger partial charge >= 0.3 is 0 Å². The van der Waals surface area contributed by atoms with Crippen molar-refractivity contribution in [1.82, 2.24) is 39.5 Å². The Hall–Kier alpha value is -3.43. The highest BCUT2D eigenvalue weighted by molar-refractivity contribution is 5.93. The number of hydrogen-bond acceptors (Lipinski definition) is 7. The lowest BCUT2D eigenvalue weighted by atomic mass is 9.93. The van der Waals surface area contributed by atoms with Crippen molar-refractivity contribution in [2.75, 3.05) is 11.9 Å². The molecule has 0 radical (unpaired) electrons. The minimum atomic E-state index is 0.175. The smallest absolute Gasteiger partial charge is 0.232 e. The molecule has 0 amide bonds. The maximum Gasteiger partial charge on any atom is 0.232 e. The standard InChI is InChI=1S/C22H29N9O/c1-4-23-20-10-19-18(12-24-20)22(15-11-26-29(3)14-15)27-31(19)16-6-8-17(9-7-16)32-21-13-25-28-30(21)5-2/h10-14,16-17H,4-9H2,1-3H3,(H,23,24). The first-order valence-corrected chi connectivity index (χ1v) is 11.3. The van der Waals surface area contributed by atoms with Crippen LogP contribution in [-0.4, -0.2) is 52.2 Å². The largest absolute Gasteiger partial charge is 0.473 e. The molecule has 4 heterocycles. The minimum absolute atomic E-state index is 0.175. The van der Waals surface area contributed by atoms with Gasteiger partial charge in [-0.05, 0) is 39.5 Å². The first kappa shape index (κ1) is 20.5. The summed E-state index contributed by atoms with van der Waals surface area (Å²) in [4.78, 5) is 4.59. The van der Waals surface area contributed by atoms with Crippen LogP contribution in [-0.2, 0) is 13.6 Å². The Morgan fingerprint density at radius 3 is 2.69 bits per heavy atom. The van der Waals surface area contributed by atoms with E-state index in [0.29, 0.717) is 6.04 Å². The van der Waals surface area contributed by atoms with Gasteiger partial charge in [0.05, 0.1) is 17.8 Å². The lowest BCUT2D eigenvalue weighted by molar-refractivity contribution is 0.119. The number of nitrogens with zero attached hydrogens (tertiary/aromatic N) is 8. The first-order valence-electron chi connectivity index (χ1n) is 11.3. The number of aromatic nitrogens is 8. The molecule has 168 valence electrons. The van der Waals surface area contributed by atoms with Crippen LogP contribution < -0.4 is 10.1 Å². The molecule has 0 aliphatic heterocycles. The van der Waals surface area contributed by atoms with E-state index < -0.39 is 0 Å². The molecule has 1 aliphatic carbocycles. The van der Waals surface area contributed by atoms with Crippen LogP contribution in [0.15, 0.2) is 30.9 Å². The van der Waals surface area contributed by atoms with Gasteiger partial charge < -0.3 is 10.1 Å². The Bertz CT molecular complexity index is 1200. The SMILES string of the molecule is CCNc1cc2c(cn1)c(-c1cnn(C)c1)nn2C1CCC(Oc2cnnn2CC)CC1. The van der Waals surface area contributed by atoms with Gasteiger partial charge in [-0.3, -0.25) is 9.36 Å². The fourth-order valence-electron chi connectivity index (χ4n) is 4.48. The van der Waals surface area contributed by atoms with Crippen LogP contribution in [0.4, 0.5) is 5.82 Å². The maximum absolute atomic E-state index is 6.19. The molecule has 10 nitrogen and oxygen atoms in total. The third kappa shape index (κ3) is 3.80. The average Bonchev–Trinajstić information content (AvgIpc) is 3.53. The van der Waals surface area contributed by atoms with Crippen LogP contribution in [0.3, 0.4) is 0 Å². The van der Waals surface area contributed by atoms with Crippen LogP contribution in [0.5, 0.6) is 5.88 Å². The van der Waals surface area contributed by atoms with Gasteiger partial charge in [-0.25, -0.2) is 9.67 Å². The number of hydrogen-bond donors (Lipinski definition) is 1. The maximum atomic E-state index is 6.19. The van der Waals surface area contributed by atoms with Crippen molar-refractivity contribution in [3.63, 3.8) is 0 Å². The highest BCUT2D eigenvalue weighted by atomic mass is 16.5. The molecule has 32 heavy (non-hydrogen) atoms. The zero-order valence-electron chi connectivity index (χ0n) is 18.8. The number of pyridine rings is 1. The molecule has 4 aromatic rings. The number of aryl methyl sites for hydroxylation is 2. The summed E-state index contributed by atoms with van der Waals surface area (Å²) in [6.45, 7) is 5.69. The number of fused-ring (bicyclic) bond motifs is 1. The number of rotatable bonds is 7. The predicted octanol–water partition coefficient (Wildman–Crippen LogP) is 3.44. The number of nitrogens with one attached hydrogen (secondary N) is 1. The Morgan fingerprint density at radius 2 is 1.97 bits per heavy atom. The summed E-state index contributed by atoms with van der Waals surface area (Å²) < 4.78 is 12.0. The van der Waals surface area contributed by atoms with E-state index >= 15 is 0 Å². The Morgan fingerprint density at radius 1 is 1.12 bits per heavy atom. The molecule has 0 bridgehead atoms. The van der Waals surface area contributed by atoms with Crippen molar-refractivity contribution in [3.05, 3.63) is 30.9 Å². The van der Waals surface area contributed by atoms with Gasteiger partial charge in [0.1, 0.15) is 23.8 Å². The summed E-state index contributed by atoms with van der Waals surface area (Å²) in [5.41, 5.74) is 3.04. The molecule has 0 atom stereocenters. The third-order valence-electron chi connectivity index (χ3n) is 6.09. The molecule has 0 spiro atoms. The average molecular weight is 436 g/mol. The van der Waals surface area contributed by atoms with Gasteiger partial charge in [-0.2, -0.15) is 10.2 Å². The molecule has 1 aliphatic rings. The number of ether oxygens (including phenoxy) is 1. The van der Waals surface area contributed by atoms with Gasteiger partial charge in [0.25, 0.3) is 0 Å². The third-order valence-corrected chi connectivity index (χ3v) is 6.09. The molecule has 10 heteroatoms. The summed E-state index contributed by atoms with van der Waals surface area (Å²) >= 11 is 0. The zero-order valence-corrected chi connectivity index (χ0v) is 18.8. The summed E-state index contributed by atoms with van der Waals surface area (Å²) in [5.74, 6) is 1.62. The van der Waals surface area contributed by atoms with E-state index in [2.05, 4.69) is 43.4 Å². The van der Waals surface area contributed by atoms with E-state index in [1.807, 2.05) is 32.6 Å². The van der Waals surface area contributed by atoms with Crippen molar-refractivity contribution >= 4 is 16.7 Å². The Balaban J connectivity index is 1.41. The molecule has 5 rings (SSSR count). The summed E-state index contributed by atoms with van der Waals surface area (Å²) in [5, 5.41) is 21.8. The monoisotopic (exact) mass is 435 g/mol. The van der Waals surface area contributed by atoms with Crippen molar-refractivity contribution < 1.29 is 4.74 Å². The zero-order chi connectivity index (χ0) is 22.1. The van der Waals surface area contributed by atoms with Gasteiger partial charge in [-0.1, -0.05) is 5.21 Å². The first-order chi connectivity index (χ1) is 15.7. The van der Waals surface area contributed by atoms with Crippen molar-refractivity contribution in [3.8, 4) is 17.1 Å². The second-order valence-electron chi connectivity index (χ2n) is 8.25. The summed E-state index contributed by atoms with van der Waals surface area (Å²) in [6, 6.07) is 2.42. The van der Waals surface area contributed by atoms with Crippen LogP contribution in [0, 0.1) is 0 Å². The van der Waals surface area contributed by atoms with Crippen LogP contribution in [0.2, 0.25) is 0 Å². The lowest BCUT2D eigenvalue weighted by Gasteiger charge is -2.29. The Labute approximate surface area is 186 Å². The normalized spacial score (nSPS) is 18.8. The summed E-state index contributed by atoms with van der Waals surface area (Å²) in [6.07, 6.45) is 11.6. The fraction of sp³-hybridized carbons (Fsp3) is 0.500. The second kappa shape index (κ2) is 8.60. The number of anilines is 1. The molecule has 0 aromatic carbocycles. The fourth-order valence-corrected chi connectivity index (χ4v) is 4.48. The van der Waals surface area contributed by atoms with E-state index in [1.54, 1.807) is 15.6 Å². The minimum Gasteiger partial charge on any atom is -0.473 e. The van der Waals surface area contributed by atoms with E-state index in [0.717, 1.165) is 72.6 Å². The molecule has 0 saturated heterocycles. The van der Waals surface area contributed by atoms with E-state index in [4.69, 9.17) is 9.84 Å². The quantitative estimate of drug-likeness (QED) is 0.474. The van der Waals surface area contributed by atoms with Crippen molar-refractivity contribution in [1.29, 1.82) is 0 Å².